The minimum absolute atomic E-state index is 0.144. The summed E-state index contributed by atoms with van der Waals surface area (Å²) in [5, 5.41) is 9.03. The van der Waals surface area contributed by atoms with Crippen LogP contribution >= 0.6 is 34.8 Å². The van der Waals surface area contributed by atoms with Crippen molar-refractivity contribution in [2.45, 2.75) is 27.0 Å². The summed E-state index contributed by atoms with van der Waals surface area (Å²) < 4.78 is 13.1. The Kier molecular flexibility index (Phi) is 6.98. The first-order valence-corrected chi connectivity index (χ1v) is 11.2. The molecule has 2 aromatic carbocycles. The molecule has 0 aliphatic rings. The minimum Gasteiger partial charge on any atom is -0.484 e. The first-order valence-electron chi connectivity index (χ1n) is 10.1. The topological polar surface area (TPSA) is 69.3 Å². The number of amides is 1. The maximum atomic E-state index is 12.8. The summed E-state index contributed by atoms with van der Waals surface area (Å²) in [5.41, 5.74) is 2.80. The first kappa shape index (κ1) is 23.2. The lowest BCUT2D eigenvalue weighted by atomic mass is 10.2. The number of hydrogen-bond donors (Lipinski definition) is 1. The second-order valence-corrected chi connectivity index (χ2v) is 8.56. The Hall–Kier alpha value is -2.93. The zero-order valence-corrected chi connectivity index (χ0v) is 20.1. The molecule has 4 aromatic rings. The molecule has 0 atom stereocenters. The molecule has 0 radical (unpaired) electrons. The van der Waals surface area contributed by atoms with Crippen LogP contribution in [0.25, 0.3) is 0 Å². The predicted molar refractivity (Wildman–Crippen MR) is 130 cm³/mol. The minimum atomic E-state index is -0.388. The molecule has 0 fully saturated rings. The van der Waals surface area contributed by atoms with Crippen molar-refractivity contribution in [2.75, 3.05) is 5.32 Å². The van der Waals surface area contributed by atoms with E-state index in [0.717, 1.165) is 11.3 Å². The van der Waals surface area contributed by atoms with E-state index in [0.29, 0.717) is 44.5 Å². The third-order valence-corrected chi connectivity index (χ3v) is 6.10. The lowest BCUT2D eigenvalue weighted by Crippen LogP contribution is -2.12. The van der Waals surface area contributed by atoms with Crippen LogP contribution in [0.5, 0.6) is 5.75 Å². The number of furan rings is 1. The van der Waals surface area contributed by atoms with Crippen molar-refractivity contribution >= 4 is 46.4 Å². The van der Waals surface area contributed by atoms with E-state index < -0.39 is 0 Å². The van der Waals surface area contributed by atoms with Gasteiger partial charge in [0.25, 0.3) is 5.91 Å². The molecular formula is C24H20Cl3N3O3. The molecule has 4 rings (SSSR count). The van der Waals surface area contributed by atoms with Gasteiger partial charge in [-0.05, 0) is 50.2 Å². The number of ether oxygens (including phenoxy) is 1. The number of nitrogens with zero attached hydrogens (tertiary/aromatic N) is 2. The number of aromatic nitrogens is 2. The van der Waals surface area contributed by atoms with Crippen molar-refractivity contribution in [3.8, 4) is 5.75 Å². The number of benzene rings is 2. The van der Waals surface area contributed by atoms with Gasteiger partial charge in [0, 0.05) is 15.6 Å². The quantitative estimate of drug-likeness (QED) is 0.296. The summed E-state index contributed by atoms with van der Waals surface area (Å²) in [6, 6.07) is 15.8. The molecule has 33 heavy (non-hydrogen) atoms. The van der Waals surface area contributed by atoms with E-state index in [2.05, 4.69) is 10.4 Å². The molecule has 0 aliphatic carbocycles. The molecule has 1 amide bonds. The number of aryl methyl sites for hydroxylation is 1. The van der Waals surface area contributed by atoms with Crippen LogP contribution < -0.4 is 10.1 Å². The maximum Gasteiger partial charge on any atom is 0.291 e. The van der Waals surface area contributed by atoms with Crippen LogP contribution in [0, 0.1) is 13.8 Å². The fourth-order valence-electron chi connectivity index (χ4n) is 3.33. The Labute approximate surface area is 206 Å². The van der Waals surface area contributed by atoms with Crippen molar-refractivity contribution in [1.29, 1.82) is 0 Å². The maximum absolute atomic E-state index is 12.8. The summed E-state index contributed by atoms with van der Waals surface area (Å²) in [6.07, 6.45) is 0. The van der Waals surface area contributed by atoms with E-state index in [-0.39, 0.29) is 18.3 Å². The van der Waals surface area contributed by atoms with Gasteiger partial charge >= 0.3 is 0 Å². The largest absolute Gasteiger partial charge is 0.484 e. The monoisotopic (exact) mass is 503 g/mol. The third kappa shape index (κ3) is 5.19. The Bertz CT molecular complexity index is 1290. The highest BCUT2D eigenvalue weighted by Crippen LogP contribution is 2.28. The zero-order chi connectivity index (χ0) is 23.5. The molecule has 170 valence electrons. The van der Waals surface area contributed by atoms with Gasteiger partial charge in [0.2, 0.25) is 0 Å². The van der Waals surface area contributed by atoms with Gasteiger partial charge in [-0.25, -0.2) is 0 Å². The van der Waals surface area contributed by atoms with Crippen LogP contribution in [0.15, 0.2) is 59.0 Å². The SMILES string of the molecule is Cc1nn(Cc2c(Cl)cccc2Cl)c(C)c1NC(=O)c1ccc(COc2ccccc2Cl)o1. The van der Waals surface area contributed by atoms with Crippen molar-refractivity contribution in [3.05, 3.63) is 98.1 Å². The van der Waals surface area contributed by atoms with Crippen molar-refractivity contribution in [1.82, 2.24) is 9.78 Å². The van der Waals surface area contributed by atoms with E-state index in [1.165, 1.54) is 0 Å². The van der Waals surface area contributed by atoms with Crippen LogP contribution in [-0.4, -0.2) is 15.7 Å². The summed E-state index contributed by atoms with van der Waals surface area (Å²) in [6.45, 7) is 4.21. The van der Waals surface area contributed by atoms with Crippen LogP contribution in [-0.2, 0) is 13.2 Å². The average molecular weight is 505 g/mol. The van der Waals surface area contributed by atoms with E-state index in [9.17, 15) is 4.79 Å². The highest BCUT2D eigenvalue weighted by Gasteiger charge is 2.19. The molecule has 2 heterocycles. The number of anilines is 1. The molecular weight excluding hydrogens is 485 g/mol. The Morgan fingerprint density at radius 2 is 1.70 bits per heavy atom. The third-order valence-electron chi connectivity index (χ3n) is 5.08. The molecule has 0 unspecified atom stereocenters. The molecule has 1 N–H and O–H groups in total. The highest BCUT2D eigenvalue weighted by molar-refractivity contribution is 6.36. The molecule has 0 aliphatic heterocycles. The van der Waals surface area contributed by atoms with Gasteiger partial charge < -0.3 is 14.5 Å². The molecule has 2 aromatic heterocycles. The lowest BCUT2D eigenvalue weighted by Gasteiger charge is -2.09. The van der Waals surface area contributed by atoms with E-state index in [1.54, 1.807) is 47.1 Å². The fraction of sp³-hybridized carbons (Fsp3) is 0.167. The summed E-state index contributed by atoms with van der Waals surface area (Å²) in [7, 11) is 0. The van der Waals surface area contributed by atoms with Gasteiger partial charge in [-0.2, -0.15) is 5.10 Å². The van der Waals surface area contributed by atoms with Gasteiger partial charge in [0.15, 0.2) is 5.76 Å². The first-order chi connectivity index (χ1) is 15.8. The Balaban J connectivity index is 1.45. The van der Waals surface area contributed by atoms with Gasteiger partial charge in [0.05, 0.1) is 28.6 Å². The fourth-order valence-corrected chi connectivity index (χ4v) is 4.04. The summed E-state index contributed by atoms with van der Waals surface area (Å²) >= 11 is 18.7. The Morgan fingerprint density at radius 1 is 1.00 bits per heavy atom. The molecule has 0 bridgehead atoms. The van der Waals surface area contributed by atoms with Gasteiger partial charge in [-0.3, -0.25) is 9.48 Å². The average Bonchev–Trinajstić information content (AvgIpc) is 3.36. The number of nitrogens with one attached hydrogen (secondary N) is 1. The van der Waals surface area contributed by atoms with Crippen LogP contribution in [0.2, 0.25) is 15.1 Å². The van der Waals surface area contributed by atoms with E-state index in [1.807, 2.05) is 26.0 Å². The predicted octanol–water partition coefficient (Wildman–Crippen LogP) is 6.93. The second kappa shape index (κ2) is 9.91. The zero-order valence-electron chi connectivity index (χ0n) is 17.9. The summed E-state index contributed by atoms with van der Waals surface area (Å²) in [5.74, 6) is 0.811. The van der Waals surface area contributed by atoms with E-state index >= 15 is 0 Å². The molecule has 9 heteroatoms. The van der Waals surface area contributed by atoms with Crippen molar-refractivity contribution < 1.29 is 13.9 Å². The summed E-state index contributed by atoms with van der Waals surface area (Å²) in [4.78, 5) is 12.8. The number of carbonyl (C=O) groups excluding carboxylic acids is 1. The lowest BCUT2D eigenvalue weighted by molar-refractivity contribution is 0.0992. The van der Waals surface area contributed by atoms with Crippen LogP contribution in [0.4, 0.5) is 5.69 Å². The van der Waals surface area contributed by atoms with Crippen LogP contribution in [0.3, 0.4) is 0 Å². The number of halogens is 3. The molecule has 0 saturated heterocycles. The van der Waals surface area contributed by atoms with E-state index in [4.69, 9.17) is 44.0 Å². The number of carbonyl (C=O) groups is 1. The van der Waals surface area contributed by atoms with Gasteiger partial charge in [0.1, 0.15) is 18.1 Å². The van der Waals surface area contributed by atoms with Gasteiger partial charge in [-0.1, -0.05) is 53.0 Å². The molecule has 0 saturated carbocycles. The van der Waals surface area contributed by atoms with Crippen LogP contribution in [0.1, 0.15) is 33.3 Å². The number of para-hydroxylation sites is 1. The molecule has 6 nitrogen and oxygen atoms in total. The normalized spacial score (nSPS) is 10.9. The van der Waals surface area contributed by atoms with Crippen molar-refractivity contribution in [2.24, 2.45) is 0 Å². The smallest absolute Gasteiger partial charge is 0.291 e. The van der Waals surface area contributed by atoms with Gasteiger partial charge in [-0.15, -0.1) is 0 Å². The number of hydrogen-bond acceptors (Lipinski definition) is 4. The molecule has 0 spiro atoms. The standard InChI is InChI=1S/C24H20Cl3N3O3/c1-14-23(15(2)30(29-14)12-17-18(25)7-5-8-19(17)26)28-24(31)22-11-10-16(33-22)13-32-21-9-4-3-6-20(21)27/h3-11H,12-13H2,1-2H3,(H,28,31). The van der Waals surface area contributed by atoms with Crippen molar-refractivity contribution in [3.63, 3.8) is 0 Å². The number of rotatable bonds is 7. The highest BCUT2D eigenvalue weighted by atomic mass is 35.5. The Morgan fingerprint density at radius 3 is 2.42 bits per heavy atom. The second-order valence-electron chi connectivity index (χ2n) is 7.34.